The van der Waals surface area contributed by atoms with Crippen LogP contribution in [-0.2, 0) is 31.8 Å². The molecule has 3 aliphatic heterocycles. The third kappa shape index (κ3) is 5.25. The van der Waals surface area contributed by atoms with Crippen molar-refractivity contribution in [2.75, 3.05) is 17.0 Å². The maximum atomic E-state index is 15.3. The normalized spacial score (nSPS) is 28.1. The van der Waals surface area contributed by atoms with E-state index in [0.29, 0.717) is 16.6 Å². The molecule has 4 heterocycles. The Kier molecular flexibility index (Phi) is 8.72. The average molecular weight is 864 g/mol. The van der Waals surface area contributed by atoms with E-state index in [4.69, 9.17) is 39.5 Å². The van der Waals surface area contributed by atoms with Gasteiger partial charge in [-0.3, -0.25) is 24.2 Å². The van der Waals surface area contributed by atoms with Crippen molar-refractivity contribution >= 4 is 69.9 Å². The molecule has 1 aromatic heterocycles. The number of halogens is 11. The molecule has 21 heteroatoms. The standard InChI is InChI=1S/C36H21Cl3F8N4O6/c1-49(29-18(37)5-7-20(48-29)36(45,46)47)51-30(53)16-4-3-15-17(21(16)31(51)54)10-34(38)32(55)50(28-26(43)24(41)23(40)25(42)27(28)44)33(56)35(34,39)22(15)13-8-12-9-14(52)2-6-19(12)57-11-13/h2-3,5-7,9,11,16-17,21-22,52H,4,8,10H2,1H3. The Balaban J connectivity index is 1.27. The van der Waals surface area contributed by atoms with Gasteiger partial charge in [-0.1, -0.05) is 23.3 Å². The first-order chi connectivity index (χ1) is 26.6. The fraction of sp³-hybridized carbons (Fsp3) is 0.306. The number of carbonyl (C=O) groups excluding carboxylic acids is 4. The van der Waals surface area contributed by atoms with Crippen molar-refractivity contribution in [3.63, 3.8) is 0 Å². The molecule has 3 aromatic rings. The number of hydrazine groups is 1. The first-order valence-corrected chi connectivity index (χ1v) is 17.8. The molecule has 298 valence electrons. The highest BCUT2D eigenvalue weighted by atomic mass is 35.5. The smallest absolute Gasteiger partial charge is 0.433 e. The molecule has 2 aliphatic carbocycles. The molecular weight excluding hydrogens is 843 g/mol. The highest BCUT2D eigenvalue weighted by Gasteiger charge is 2.77. The average Bonchev–Trinajstić information content (AvgIpc) is 3.50. The number of rotatable bonds is 4. The van der Waals surface area contributed by atoms with Crippen LogP contribution in [0, 0.1) is 52.8 Å². The third-order valence-electron chi connectivity index (χ3n) is 11.1. The van der Waals surface area contributed by atoms with Crippen molar-refractivity contribution in [3.05, 3.63) is 99.2 Å². The molecule has 0 spiro atoms. The van der Waals surface area contributed by atoms with Crippen LogP contribution < -0.4 is 14.6 Å². The summed E-state index contributed by atoms with van der Waals surface area (Å²) in [6.07, 6.45) is -3.67. The summed E-state index contributed by atoms with van der Waals surface area (Å²) in [4.78, 5) is 54.9. The lowest BCUT2D eigenvalue weighted by Crippen LogP contribution is -2.61. The first-order valence-electron chi connectivity index (χ1n) is 16.7. The van der Waals surface area contributed by atoms with Crippen LogP contribution in [0.15, 0.2) is 53.8 Å². The second kappa shape index (κ2) is 12.8. The van der Waals surface area contributed by atoms with Crippen LogP contribution in [0.3, 0.4) is 0 Å². The second-order valence-electron chi connectivity index (χ2n) is 14.0. The Bertz CT molecular complexity index is 2420. The number of carbonyl (C=O) groups is 4. The summed E-state index contributed by atoms with van der Waals surface area (Å²) >= 11 is 20.5. The number of anilines is 2. The lowest BCUT2D eigenvalue weighted by atomic mass is 9.56. The van der Waals surface area contributed by atoms with Crippen LogP contribution in [-0.4, -0.2) is 55.5 Å². The number of aromatic nitrogens is 1. The number of fused-ring (bicyclic) bond motifs is 5. The quantitative estimate of drug-likeness (QED) is 0.0736. The first kappa shape index (κ1) is 38.9. The molecule has 2 saturated heterocycles. The topological polar surface area (TPSA) is 120 Å². The monoisotopic (exact) mass is 862 g/mol. The number of imide groups is 2. The van der Waals surface area contributed by atoms with Crippen molar-refractivity contribution in [3.8, 4) is 11.5 Å². The predicted molar refractivity (Wildman–Crippen MR) is 182 cm³/mol. The molecule has 6 atom stereocenters. The number of benzene rings is 2. The summed E-state index contributed by atoms with van der Waals surface area (Å²) in [5.74, 6) is -24.4. The summed E-state index contributed by atoms with van der Waals surface area (Å²) < 4.78 is 120. The van der Waals surface area contributed by atoms with Gasteiger partial charge in [-0.15, -0.1) is 23.2 Å². The zero-order chi connectivity index (χ0) is 41.4. The van der Waals surface area contributed by atoms with Gasteiger partial charge in [0.2, 0.25) is 5.82 Å². The van der Waals surface area contributed by atoms with E-state index in [0.717, 1.165) is 24.4 Å². The predicted octanol–water partition coefficient (Wildman–Crippen LogP) is 7.12. The van der Waals surface area contributed by atoms with E-state index < -0.39 is 116 Å². The maximum Gasteiger partial charge on any atom is 0.433 e. The number of ether oxygens (including phenoxy) is 1. The molecule has 0 radical (unpaired) electrons. The van der Waals surface area contributed by atoms with Gasteiger partial charge in [0.25, 0.3) is 23.6 Å². The largest absolute Gasteiger partial charge is 0.508 e. The number of phenols is 1. The molecule has 6 unspecified atom stereocenters. The summed E-state index contributed by atoms with van der Waals surface area (Å²) in [7, 11) is 1.06. The number of hydrogen-bond donors (Lipinski definition) is 1. The number of amides is 4. The van der Waals surface area contributed by atoms with Crippen molar-refractivity contribution in [1.82, 2.24) is 9.99 Å². The van der Waals surface area contributed by atoms with Gasteiger partial charge in [0.15, 0.2) is 38.8 Å². The second-order valence-corrected chi connectivity index (χ2v) is 15.6. The Morgan fingerprint density at radius 2 is 1.56 bits per heavy atom. The van der Waals surface area contributed by atoms with Crippen molar-refractivity contribution in [2.24, 2.45) is 23.7 Å². The minimum atomic E-state index is -4.95. The summed E-state index contributed by atoms with van der Waals surface area (Å²) in [6, 6.07) is 5.46. The van der Waals surface area contributed by atoms with E-state index >= 15 is 8.78 Å². The molecule has 2 aromatic carbocycles. The molecule has 3 fully saturated rings. The number of nitrogens with zero attached hydrogens (tertiary/aromatic N) is 4. The molecule has 10 nitrogen and oxygen atoms in total. The van der Waals surface area contributed by atoms with Crippen LogP contribution in [0.25, 0.3) is 0 Å². The Labute approximate surface area is 329 Å². The molecule has 8 rings (SSSR count). The zero-order valence-electron chi connectivity index (χ0n) is 28.4. The Hall–Kier alpha value is -4.94. The van der Waals surface area contributed by atoms with Crippen molar-refractivity contribution < 1.29 is 64.1 Å². The number of aromatic hydroxyl groups is 1. The molecule has 0 bridgehead atoms. The summed E-state index contributed by atoms with van der Waals surface area (Å²) in [6.45, 7) is 0. The van der Waals surface area contributed by atoms with Gasteiger partial charge in [-0.2, -0.15) is 18.2 Å². The highest BCUT2D eigenvalue weighted by Crippen LogP contribution is 2.65. The summed E-state index contributed by atoms with van der Waals surface area (Å²) in [5, 5.41) is 11.1. The Morgan fingerprint density at radius 3 is 2.21 bits per heavy atom. The van der Waals surface area contributed by atoms with Crippen molar-refractivity contribution in [1.29, 1.82) is 0 Å². The highest BCUT2D eigenvalue weighted by molar-refractivity contribution is 6.58. The number of hydrogen-bond acceptors (Lipinski definition) is 8. The minimum absolute atomic E-state index is 0.0497. The third-order valence-corrected chi connectivity index (χ3v) is 12.8. The minimum Gasteiger partial charge on any atom is -0.508 e. The zero-order valence-corrected chi connectivity index (χ0v) is 30.7. The molecular formula is C36H21Cl3F8N4O6. The molecule has 57 heavy (non-hydrogen) atoms. The van der Waals surface area contributed by atoms with E-state index in [1.54, 1.807) is 0 Å². The van der Waals surface area contributed by atoms with E-state index in [2.05, 4.69) is 4.98 Å². The van der Waals surface area contributed by atoms with Gasteiger partial charge >= 0.3 is 6.18 Å². The number of allylic oxidation sites excluding steroid dienone is 3. The molecule has 5 aliphatic rings. The lowest BCUT2D eigenvalue weighted by molar-refractivity contribution is -0.141. The van der Waals surface area contributed by atoms with Crippen LogP contribution in [0.2, 0.25) is 5.02 Å². The van der Waals surface area contributed by atoms with Gasteiger partial charge in [-0.25, -0.2) is 31.8 Å². The van der Waals surface area contributed by atoms with E-state index in [1.165, 1.54) is 24.3 Å². The Morgan fingerprint density at radius 1 is 0.912 bits per heavy atom. The van der Waals surface area contributed by atoms with Crippen LogP contribution >= 0.6 is 34.8 Å². The fourth-order valence-electron chi connectivity index (χ4n) is 8.57. The molecule has 1 N–H and O–H groups in total. The van der Waals surface area contributed by atoms with Gasteiger partial charge in [0.05, 0.1) is 23.1 Å². The van der Waals surface area contributed by atoms with Crippen LogP contribution in [0.4, 0.5) is 46.6 Å². The van der Waals surface area contributed by atoms with Gasteiger partial charge in [-0.05, 0) is 54.7 Å². The summed E-state index contributed by atoms with van der Waals surface area (Å²) in [5.41, 5.74) is -2.90. The molecule has 1 saturated carbocycles. The van der Waals surface area contributed by atoms with Crippen LogP contribution in [0.1, 0.15) is 24.1 Å². The molecule has 4 amide bonds. The van der Waals surface area contributed by atoms with Crippen molar-refractivity contribution in [2.45, 2.75) is 35.2 Å². The van der Waals surface area contributed by atoms with Gasteiger partial charge in [0.1, 0.15) is 22.9 Å². The van der Waals surface area contributed by atoms with Gasteiger partial charge < -0.3 is 9.84 Å². The lowest BCUT2D eigenvalue weighted by Gasteiger charge is -2.51. The fourth-order valence-corrected chi connectivity index (χ4v) is 9.74. The number of pyridine rings is 1. The SMILES string of the molecule is CN(c1nc(C(F)(F)F)ccc1Cl)N1C(=O)C2CC=C3C(CC4(Cl)C(=O)N(c5c(F)c(F)c(F)c(F)c5F)C(=O)C4(Cl)C3C3=COc4ccc(O)cc4C3)C2C1=O. The van der Waals surface area contributed by atoms with Gasteiger partial charge in [0, 0.05) is 24.9 Å². The van der Waals surface area contributed by atoms with Crippen LogP contribution in [0.5, 0.6) is 11.5 Å². The number of alkyl halides is 5. The van der Waals surface area contributed by atoms with E-state index in [-0.39, 0.29) is 45.4 Å². The van der Waals surface area contributed by atoms with E-state index in [9.17, 15) is 50.6 Å². The van der Waals surface area contributed by atoms with E-state index in [1.807, 2.05) is 0 Å². The number of phenolic OH excluding ortho intramolecular Hbond substituents is 1. The maximum absolute atomic E-state index is 15.3.